The van der Waals surface area contributed by atoms with Crippen LogP contribution in [0.3, 0.4) is 0 Å². The number of likely N-dealkylation sites (N-methyl/N-ethyl adjacent to an activating group) is 1. The number of rotatable bonds is 3. The molecule has 1 atom stereocenters. The van der Waals surface area contributed by atoms with Gasteiger partial charge in [-0.3, -0.25) is 29.4 Å². The van der Waals surface area contributed by atoms with Crippen LogP contribution in [0.15, 0.2) is 18.2 Å². The minimum absolute atomic E-state index is 0.118. The molecule has 0 radical (unpaired) electrons. The highest BCUT2D eigenvalue weighted by Gasteiger charge is 2.44. The molecule has 1 aromatic carbocycles. The fourth-order valence-corrected chi connectivity index (χ4v) is 3.44. The number of nitrogens with zero attached hydrogens (tertiary/aromatic N) is 2. The summed E-state index contributed by atoms with van der Waals surface area (Å²) in [5, 5.41) is 5.39. The number of nitrogens with one attached hydrogen (secondary N) is 2. The molecule has 3 aliphatic rings. The van der Waals surface area contributed by atoms with E-state index < -0.39 is 23.8 Å². The molecule has 4 amide bonds. The smallest absolute Gasteiger partial charge is 0.262 e. The van der Waals surface area contributed by atoms with Gasteiger partial charge in [0.05, 0.1) is 17.2 Å². The SMILES string of the molecule is CN(c1ccc2c(c1)C(=O)N(C1CCC(=O)NC1=O)C2=O)C1CNC1. The van der Waals surface area contributed by atoms with Crippen LogP contribution in [-0.2, 0) is 9.59 Å². The number of carbonyl (C=O) groups excluding carboxylic acids is 4. The van der Waals surface area contributed by atoms with E-state index in [2.05, 4.69) is 15.5 Å². The molecule has 0 aromatic heterocycles. The maximum absolute atomic E-state index is 12.8. The van der Waals surface area contributed by atoms with Gasteiger partial charge in [-0.25, -0.2) is 0 Å². The van der Waals surface area contributed by atoms with Crippen molar-refractivity contribution in [2.75, 3.05) is 25.0 Å². The molecular formula is C17H18N4O4. The summed E-state index contributed by atoms with van der Waals surface area (Å²) < 4.78 is 0. The number of benzene rings is 1. The highest BCUT2D eigenvalue weighted by molar-refractivity contribution is 6.23. The fraction of sp³-hybridized carbons (Fsp3) is 0.412. The van der Waals surface area contributed by atoms with Crippen molar-refractivity contribution in [3.05, 3.63) is 29.3 Å². The molecule has 3 aliphatic heterocycles. The second-order valence-corrected chi connectivity index (χ2v) is 6.60. The first-order chi connectivity index (χ1) is 12.0. The third kappa shape index (κ3) is 2.41. The summed E-state index contributed by atoms with van der Waals surface area (Å²) >= 11 is 0. The largest absolute Gasteiger partial charge is 0.369 e. The Morgan fingerprint density at radius 3 is 2.44 bits per heavy atom. The fourth-order valence-electron chi connectivity index (χ4n) is 3.44. The first-order valence-corrected chi connectivity index (χ1v) is 8.26. The molecule has 8 nitrogen and oxygen atoms in total. The Hall–Kier alpha value is -2.74. The number of imide groups is 2. The first kappa shape index (κ1) is 15.8. The monoisotopic (exact) mass is 342 g/mol. The molecule has 3 heterocycles. The van der Waals surface area contributed by atoms with Gasteiger partial charge in [0.2, 0.25) is 11.8 Å². The topological polar surface area (TPSA) is 98.8 Å². The summed E-state index contributed by atoms with van der Waals surface area (Å²) in [5.74, 6) is -1.93. The molecule has 1 aromatic rings. The molecule has 0 saturated carbocycles. The average molecular weight is 342 g/mol. The van der Waals surface area contributed by atoms with Crippen LogP contribution in [0.2, 0.25) is 0 Å². The van der Waals surface area contributed by atoms with Gasteiger partial charge in [0.1, 0.15) is 6.04 Å². The Morgan fingerprint density at radius 1 is 1.08 bits per heavy atom. The van der Waals surface area contributed by atoms with Crippen LogP contribution < -0.4 is 15.5 Å². The van der Waals surface area contributed by atoms with Crippen molar-refractivity contribution in [3.8, 4) is 0 Å². The molecule has 4 rings (SSSR count). The van der Waals surface area contributed by atoms with Gasteiger partial charge in [-0.2, -0.15) is 0 Å². The van der Waals surface area contributed by atoms with Crippen molar-refractivity contribution < 1.29 is 19.2 Å². The van der Waals surface area contributed by atoms with Gasteiger partial charge in [-0.05, 0) is 24.6 Å². The van der Waals surface area contributed by atoms with Crippen molar-refractivity contribution in [1.29, 1.82) is 0 Å². The van der Waals surface area contributed by atoms with Gasteiger partial charge in [0.25, 0.3) is 11.8 Å². The molecule has 2 saturated heterocycles. The van der Waals surface area contributed by atoms with Gasteiger partial charge in [-0.15, -0.1) is 0 Å². The average Bonchev–Trinajstić information content (AvgIpc) is 2.77. The molecule has 0 spiro atoms. The van der Waals surface area contributed by atoms with Gasteiger partial charge >= 0.3 is 0 Å². The predicted molar refractivity (Wildman–Crippen MR) is 88.2 cm³/mol. The predicted octanol–water partition coefficient (Wildman–Crippen LogP) is -0.504. The van der Waals surface area contributed by atoms with E-state index in [1.165, 1.54) is 0 Å². The zero-order chi connectivity index (χ0) is 17.7. The van der Waals surface area contributed by atoms with Crippen molar-refractivity contribution in [2.45, 2.75) is 24.9 Å². The summed E-state index contributed by atoms with van der Waals surface area (Å²) in [4.78, 5) is 51.8. The highest BCUT2D eigenvalue weighted by atomic mass is 16.2. The van der Waals surface area contributed by atoms with Crippen molar-refractivity contribution >= 4 is 29.3 Å². The van der Waals surface area contributed by atoms with Crippen LogP contribution in [0.25, 0.3) is 0 Å². The van der Waals surface area contributed by atoms with Crippen molar-refractivity contribution in [1.82, 2.24) is 15.5 Å². The summed E-state index contributed by atoms with van der Waals surface area (Å²) in [6.45, 7) is 1.76. The van der Waals surface area contributed by atoms with Crippen LogP contribution in [-0.4, -0.2) is 60.7 Å². The lowest BCUT2D eigenvalue weighted by atomic mass is 10.0. The molecular weight excluding hydrogens is 324 g/mol. The number of piperidine rings is 1. The van der Waals surface area contributed by atoms with Crippen molar-refractivity contribution in [3.63, 3.8) is 0 Å². The second-order valence-electron chi connectivity index (χ2n) is 6.60. The Bertz CT molecular complexity index is 802. The lowest BCUT2D eigenvalue weighted by Gasteiger charge is -2.37. The third-order valence-electron chi connectivity index (χ3n) is 5.14. The van der Waals surface area contributed by atoms with Crippen LogP contribution in [0.4, 0.5) is 5.69 Å². The number of hydrogen-bond acceptors (Lipinski definition) is 6. The molecule has 1 unspecified atom stereocenters. The van der Waals surface area contributed by atoms with E-state index in [9.17, 15) is 19.2 Å². The quantitative estimate of drug-likeness (QED) is 0.719. The van der Waals surface area contributed by atoms with Gasteiger partial charge in [-0.1, -0.05) is 0 Å². The van der Waals surface area contributed by atoms with Gasteiger partial charge in [0, 0.05) is 32.2 Å². The van der Waals surface area contributed by atoms with E-state index in [4.69, 9.17) is 0 Å². The zero-order valence-corrected chi connectivity index (χ0v) is 13.7. The maximum Gasteiger partial charge on any atom is 0.262 e. The van der Waals surface area contributed by atoms with E-state index in [-0.39, 0.29) is 18.7 Å². The molecule has 2 N–H and O–H groups in total. The van der Waals surface area contributed by atoms with Gasteiger partial charge in [0.15, 0.2) is 0 Å². The lowest BCUT2D eigenvalue weighted by molar-refractivity contribution is -0.136. The second kappa shape index (κ2) is 5.66. The first-order valence-electron chi connectivity index (χ1n) is 8.26. The minimum atomic E-state index is -0.929. The standard InChI is InChI=1S/C17H18N4O4/c1-20(10-7-18-8-10)9-2-3-11-12(6-9)17(25)21(16(11)24)13-4-5-14(22)19-15(13)23/h2-3,6,10,13,18H,4-5,7-8H2,1H3,(H,19,22,23). The van der Waals surface area contributed by atoms with E-state index in [1.54, 1.807) is 12.1 Å². The van der Waals surface area contributed by atoms with Crippen LogP contribution in [0.1, 0.15) is 33.6 Å². The summed E-state index contributed by atoms with van der Waals surface area (Å²) in [5.41, 5.74) is 1.47. The number of hydrogen-bond donors (Lipinski definition) is 2. The lowest BCUT2D eigenvalue weighted by Crippen LogP contribution is -2.56. The molecule has 0 bridgehead atoms. The Kier molecular flexibility index (Phi) is 3.57. The van der Waals surface area contributed by atoms with Gasteiger partial charge < -0.3 is 10.2 Å². The summed E-state index contributed by atoms with van der Waals surface area (Å²) in [6.07, 6.45) is 0.281. The molecule has 130 valence electrons. The molecule has 0 aliphatic carbocycles. The van der Waals surface area contributed by atoms with Crippen LogP contribution in [0, 0.1) is 0 Å². The van der Waals surface area contributed by atoms with Crippen molar-refractivity contribution in [2.24, 2.45) is 0 Å². The van der Waals surface area contributed by atoms with E-state index >= 15 is 0 Å². The Morgan fingerprint density at radius 2 is 1.80 bits per heavy atom. The van der Waals surface area contributed by atoms with E-state index in [1.807, 2.05) is 13.1 Å². The zero-order valence-electron chi connectivity index (χ0n) is 13.7. The number of fused-ring (bicyclic) bond motifs is 1. The van der Waals surface area contributed by atoms with Crippen LogP contribution in [0.5, 0.6) is 0 Å². The number of amides is 4. The summed E-state index contributed by atoms with van der Waals surface area (Å²) in [7, 11) is 1.95. The molecule has 8 heteroatoms. The maximum atomic E-state index is 12.8. The number of carbonyl (C=O) groups is 4. The van der Waals surface area contributed by atoms with E-state index in [0.717, 1.165) is 23.7 Å². The molecule has 25 heavy (non-hydrogen) atoms. The van der Waals surface area contributed by atoms with Crippen LogP contribution >= 0.6 is 0 Å². The molecule has 2 fully saturated rings. The number of anilines is 1. The Labute approximate surface area is 144 Å². The summed E-state index contributed by atoms with van der Waals surface area (Å²) in [6, 6.07) is 4.59. The third-order valence-corrected chi connectivity index (χ3v) is 5.14. The Balaban J connectivity index is 1.63. The normalized spacial score (nSPS) is 23.4. The minimum Gasteiger partial charge on any atom is -0.369 e. The highest BCUT2D eigenvalue weighted by Crippen LogP contribution is 2.31. The van der Waals surface area contributed by atoms with E-state index in [0.29, 0.717) is 17.2 Å².